The molecule has 0 atom stereocenters. The van der Waals surface area contributed by atoms with Crippen LogP contribution >= 0.6 is 0 Å². The van der Waals surface area contributed by atoms with Crippen LogP contribution in [0.2, 0.25) is 0 Å². The molecule has 2 aromatic carbocycles. The number of nitrogens with one attached hydrogen (secondary N) is 2. The summed E-state index contributed by atoms with van der Waals surface area (Å²) >= 11 is 0. The highest BCUT2D eigenvalue weighted by atomic mass is 16.5. The van der Waals surface area contributed by atoms with Gasteiger partial charge in [-0.05, 0) is 23.8 Å². The summed E-state index contributed by atoms with van der Waals surface area (Å²) in [6.07, 6.45) is 2.98. The van der Waals surface area contributed by atoms with E-state index in [1.165, 1.54) is 13.2 Å². The van der Waals surface area contributed by atoms with E-state index in [2.05, 4.69) is 10.9 Å². The number of hydrogen-bond acceptors (Lipinski definition) is 4. The fraction of sp³-hybridized carbons (Fsp3) is 0.111. The molecule has 124 valence electrons. The molecule has 0 aliphatic heterocycles. The second kappa shape index (κ2) is 8.99. The lowest BCUT2D eigenvalue weighted by molar-refractivity contribution is -0.128. The molecule has 0 radical (unpaired) electrons. The summed E-state index contributed by atoms with van der Waals surface area (Å²) in [6, 6.07) is 16.3. The van der Waals surface area contributed by atoms with Gasteiger partial charge in [0.2, 0.25) is 0 Å². The maximum atomic E-state index is 11.7. The molecule has 24 heavy (non-hydrogen) atoms. The molecule has 0 aliphatic carbocycles. The Morgan fingerprint density at radius 2 is 1.62 bits per heavy atom. The molecule has 0 heterocycles. The van der Waals surface area contributed by atoms with E-state index in [9.17, 15) is 9.59 Å². The minimum absolute atomic E-state index is 0.247. The van der Waals surface area contributed by atoms with Crippen molar-refractivity contribution in [1.29, 1.82) is 0 Å². The Bertz CT molecular complexity index is 714. The first-order valence-electron chi connectivity index (χ1n) is 7.27. The molecule has 2 N–H and O–H groups in total. The molecule has 0 fully saturated rings. The van der Waals surface area contributed by atoms with Crippen molar-refractivity contribution in [1.82, 2.24) is 10.9 Å². The Balaban J connectivity index is 1.75. The van der Waals surface area contributed by atoms with E-state index in [0.29, 0.717) is 11.5 Å². The van der Waals surface area contributed by atoms with Crippen molar-refractivity contribution in [2.75, 3.05) is 13.7 Å². The number of carbonyl (C=O) groups is 2. The lowest BCUT2D eigenvalue weighted by Crippen LogP contribution is -2.43. The van der Waals surface area contributed by atoms with Crippen LogP contribution in [0.5, 0.6) is 11.5 Å². The van der Waals surface area contributed by atoms with Crippen LogP contribution in [0, 0.1) is 0 Å². The van der Waals surface area contributed by atoms with Gasteiger partial charge in [-0.3, -0.25) is 20.4 Å². The summed E-state index contributed by atoms with van der Waals surface area (Å²) in [5, 5.41) is 0. The molecule has 0 spiro atoms. The number of amides is 2. The van der Waals surface area contributed by atoms with Gasteiger partial charge < -0.3 is 9.47 Å². The summed E-state index contributed by atoms with van der Waals surface area (Å²) in [4.78, 5) is 23.3. The molecular weight excluding hydrogens is 308 g/mol. The first-order chi connectivity index (χ1) is 11.7. The number of hydrogen-bond donors (Lipinski definition) is 2. The van der Waals surface area contributed by atoms with Gasteiger partial charge in [0, 0.05) is 6.08 Å². The third-order valence-electron chi connectivity index (χ3n) is 2.98. The normalized spacial score (nSPS) is 10.2. The highest BCUT2D eigenvalue weighted by Gasteiger charge is 2.07. The van der Waals surface area contributed by atoms with Gasteiger partial charge in [-0.2, -0.15) is 0 Å². The number of carbonyl (C=O) groups excluding carboxylic acids is 2. The number of methoxy groups -OCH3 is 1. The van der Waals surface area contributed by atoms with Crippen LogP contribution in [0.4, 0.5) is 0 Å². The molecule has 0 saturated carbocycles. The largest absolute Gasteiger partial charge is 0.493 e. The van der Waals surface area contributed by atoms with E-state index < -0.39 is 11.8 Å². The van der Waals surface area contributed by atoms with Gasteiger partial charge in [-0.25, -0.2) is 0 Å². The monoisotopic (exact) mass is 326 g/mol. The lowest BCUT2D eigenvalue weighted by Gasteiger charge is -2.10. The van der Waals surface area contributed by atoms with Crippen molar-refractivity contribution in [3.05, 3.63) is 66.2 Å². The smallest absolute Gasteiger partial charge is 0.276 e. The average Bonchev–Trinajstić information content (AvgIpc) is 2.64. The van der Waals surface area contributed by atoms with Gasteiger partial charge in [0.1, 0.15) is 0 Å². The number of hydrazine groups is 1. The molecule has 0 unspecified atom stereocenters. The van der Waals surface area contributed by atoms with Crippen molar-refractivity contribution in [2.45, 2.75) is 0 Å². The van der Waals surface area contributed by atoms with Crippen molar-refractivity contribution < 1.29 is 19.1 Å². The minimum atomic E-state index is -0.484. The second-order valence-electron chi connectivity index (χ2n) is 4.72. The Kier molecular flexibility index (Phi) is 6.40. The predicted octanol–water partition coefficient (Wildman–Crippen LogP) is 1.93. The fourth-order valence-electron chi connectivity index (χ4n) is 1.83. The van der Waals surface area contributed by atoms with Crippen molar-refractivity contribution in [3.8, 4) is 11.5 Å². The van der Waals surface area contributed by atoms with E-state index in [-0.39, 0.29) is 6.61 Å². The van der Waals surface area contributed by atoms with Crippen LogP contribution in [0.25, 0.3) is 6.08 Å². The molecule has 2 rings (SSSR count). The van der Waals surface area contributed by atoms with Crippen LogP contribution in [0.3, 0.4) is 0 Å². The molecule has 0 aliphatic rings. The Hall–Kier alpha value is -3.28. The van der Waals surface area contributed by atoms with Crippen LogP contribution in [-0.4, -0.2) is 25.5 Å². The van der Waals surface area contributed by atoms with Crippen LogP contribution < -0.4 is 20.3 Å². The Morgan fingerprint density at radius 1 is 0.958 bits per heavy atom. The van der Waals surface area contributed by atoms with Crippen molar-refractivity contribution in [2.24, 2.45) is 0 Å². The zero-order valence-corrected chi connectivity index (χ0v) is 13.2. The first kappa shape index (κ1) is 17.1. The van der Waals surface area contributed by atoms with Crippen LogP contribution in [0.1, 0.15) is 5.56 Å². The van der Waals surface area contributed by atoms with E-state index in [4.69, 9.17) is 9.47 Å². The van der Waals surface area contributed by atoms with E-state index in [0.717, 1.165) is 5.56 Å². The maximum absolute atomic E-state index is 11.7. The number of benzene rings is 2. The van der Waals surface area contributed by atoms with E-state index in [1.54, 1.807) is 30.3 Å². The average molecular weight is 326 g/mol. The fourth-order valence-corrected chi connectivity index (χ4v) is 1.83. The zero-order valence-electron chi connectivity index (χ0n) is 13.2. The van der Waals surface area contributed by atoms with Crippen LogP contribution in [0.15, 0.2) is 60.7 Å². The first-order valence-corrected chi connectivity index (χ1v) is 7.27. The molecule has 6 heteroatoms. The minimum Gasteiger partial charge on any atom is -0.493 e. The third-order valence-corrected chi connectivity index (χ3v) is 2.98. The Labute approximate surface area is 140 Å². The molecule has 0 bridgehead atoms. The quantitative estimate of drug-likeness (QED) is 0.628. The maximum Gasteiger partial charge on any atom is 0.276 e. The highest BCUT2D eigenvalue weighted by Crippen LogP contribution is 2.25. The zero-order chi connectivity index (χ0) is 17.2. The Morgan fingerprint density at radius 3 is 2.33 bits per heavy atom. The summed E-state index contributed by atoms with van der Waals surface area (Å²) in [6.45, 7) is -0.247. The van der Waals surface area contributed by atoms with Gasteiger partial charge in [0.15, 0.2) is 18.1 Å². The van der Waals surface area contributed by atoms with Gasteiger partial charge in [0.25, 0.3) is 11.8 Å². The second-order valence-corrected chi connectivity index (χ2v) is 4.72. The van der Waals surface area contributed by atoms with Gasteiger partial charge >= 0.3 is 0 Å². The lowest BCUT2D eigenvalue weighted by atomic mass is 10.2. The standard InChI is InChI=1S/C18H18N2O4/c1-23-15-9-5-6-10-16(15)24-13-18(22)20-19-17(21)12-11-14-7-3-2-4-8-14/h2-12H,13H2,1H3,(H,19,21)(H,20,22). The van der Waals surface area contributed by atoms with Crippen molar-refractivity contribution in [3.63, 3.8) is 0 Å². The molecule has 6 nitrogen and oxygen atoms in total. The highest BCUT2D eigenvalue weighted by molar-refractivity contribution is 5.93. The van der Waals surface area contributed by atoms with Gasteiger partial charge in [-0.1, -0.05) is 42.5 Å². The number of para-hydroxylation sites is 2. The summed E-state index contributed by atoms with van der Waals surface area (Å²) in [5.74, 6) is 0.0532. The van der Waals surface area contributed by atoms with Crippen LogP contribution in [-0.2, 0) is 9.59 Å². The van der Waals surface area contributed by atoms with E-state index in [1.807, 2.05) is 30.3 Å². The van der Waals surface area contributed by atoms with Gasteiger partial charge in [0.05, 0.1) is 7.11 Å². The third kappa shape index (κ3) is 5.49. The SMILES string of the molecule is COc1ccccc1OCC(=O)NNC(=O)C=Cc1ccccc1. The number of ether oxygens (including phenoxy) is 2. The summed E-state index contributed by atoms with van der Waals surface area (Å²) < 4.78 is 10.5. The van der Waals surface area contributed by atoms with Gasteiger partial charge in [-0.15, -0.1) is 0 Å². The molecule has 2 aromatic rings. The molecule has 2 amide bonds. The molecule has 0 aromatic heterocycles. The van der Waals surface area contributed by atoms with Crippen molar-refractivity contribution >= 4 is 17.9 Å². The number of rotatable bonds is 6. The molecular formula is C18H18N2O4. The molecule has 0 saturated heterocycles. The summed E-state index contributed by atoms with van der Waals surface area (Å²) in [5.41, 5.74) is 5.44. The van der Waals surface area contributed by atoms with E-state index >= 15 is 0 Å². The topological polar surface area (TPSA) is 76.7 Å². The predicted molar refractivity (Wildman–Crippen MR) is 90.3 cm³/mol. The summed E-state index contributed by atoms with van der Waals surface area (Å²) in [7, 11) is 1.52.